The van der Waals surface area contributed by atoms with Crippen molar-refractivity contribution in [1.82, 2.24) is 0 Å². The largest absolute Gasteiger partial charge is 0.481 e. The van der Waals surface area contributed by atoms with E-state index in [0.29, 0.717) is 0 Å². The Bertz CT molecular complexity index is 270. The Balaban J connectivity index is 4.47. The van der Waals surface area contributed by atoms with Gasteiger partial charge in [0.15, 0.2) is 5.78 Å². The maximum atomic E-state index is 11.2. The third-order valence-corrected chi connectivity index (χ3v) is 1.54. The van der Waals surface area contributed by atoms with Gasteiger partial charge in [0.05, 0.1) is 13.0 Å². The summed E-state index contributed by atoms with van der Waals surface area (Å²) in [6, 6.07) is 0. The Kier molecular flexibility index (Phi) is 5.96. The quantitative estimate of drug-likeness (QED) is 0.334. The van der Waals surface area contributed by atoms with Crippen molar-refractivity contribution in [2.45, 2.75) is 6.42 Å². The predicted molar refractivity (Wildman–Crippen MR) is 49.0 cm³/mol. The minimum Gasteiger partial charge on any atom is -0.481 e. The summed E-state index contributed by atoms with van der Waals surface area (Å²) in [5, 5.41) is 16.8. The number of aliphatic hydroxyl groups excluding tert-OH is 1. The minimum atomic E-state index is -1.38. The van der Waals surface area contributed by atoms with Crippen LogP contribution in [0.15, 0.2) is 12.7 Å². The summed E-state index contributed by atoms with van der Waals surface area (Å²) in [5.41, 5.74) is 0. The molecule has 0 aliphatic rings. The molecule has 0 radical (unpaired) electrons. The highest BCUT2D eigenvalue weighted by molar-refractivity contribution is 6.06. The average molecular weight is 216 g/mol. The summed E-state index contributed by atoms with van der Waals surface area (Å²) in [6.45, 7) is 2.51. The van der Waals surface area contributed by atoms with E-state index in [1.807, 2.05) is 0 Å². The predicted octanol–water partition coefficient (Wildman–Crippen LogP) is -0.632. The van der Waals surface area contributed by atoms with Crippen molar-refractivity contribution in [1.29, 1.82) is 0 Å². The lowest BCUT2D eigenvalue weighted by Crippen LogP contribution is -2.28. The number of allylic oxidation sites excluding steroid dienone is 1. The number of carbonyl (C=O) groups is 3. The first kappa shape index (κ1) is 13.3. The number of hydrogen-bond acceptors (Lipinski definition) is 5. The van der Waals surface area contributed by atoms with E-state index in [4.69, 9.17) is 10.2 Å². The molecule has 0 amide bonds. The van der Waals surface area contributed by atoms with Crippen LogP contribution in [-0.4, -0.2) is 41.1 Å². The molecule has 0 heterocycles. The summed E-state index contributed by atoms with van der Waals surface area (Å²) < 4.78 is 4.46. The molecule has 6 nitrogen and oxygen atoms in total. The van der Waals surface area contributed by atoms with Crippen LogP contribution in [0.4, 0.5) is 0 Å². The summed E-state index contributed by atoms with van der Waals surface area (Å²) in [4.78, 5) is 32.6. The van der Waals surface area contributed by atoms with Crippen LogP contribution in [0.2, 0.25) is 0 Å². The van der Waals surface area contributed by atoms with Crippen LogP contribution >= 0.6 is 0 Å². The van der Waals surface area contributed by atoms with E-state index in [2.05, 4.69) is 11.3 Å². The number of ether oxygens (including phenoxy) is 1. The number of aliphatic hydroxyl groups is 1. The second-order valence-corrected chi connectivity index (χ2v) is 2.65. The fourth-order valence-corrected chi connectivity index (χ4v) is 0.864. The van der Waals surface area contributed by atoms with Gasteiger partial charge in [-0.05, 0) is 6.08 Å². The summed E-state index contributed by atoms with van der Waals surface area (Å²) in [6.07, 6.45) is 0.225. The SMILES string of the molecule is C=CC(=O)C(CC(=O)O)C(=O)OCCO. The van der Waals surface area contributed by atoms with Crippen LogP contribution in [-0.2, 0) is 19.1 Å². The van der Waals surface area contributed by atoms with Crippen LogP contribution < -0.4 is 0 Å². The summed E-state index contributed by atoms with van der Waals surface area (Å²) >= 11 is 0. The van der Waals surface area contributed by atoms with Gasteiger partial charge in [0.2, 0.25) is 0 Å². The standard InChI is InChI=1S/C9H12O6/c1-2-7(11)6(5-8(12)13)9(14)15-4-3-10/h2,6,10H,1,3-5H2,(H,12,13). The molecule has 6 heteroatoms. The fraction of sp³-hybridized carbons (Fsp3) is 0.444. The third kappa shape index (κ3) is 4.92. The Morgan fingerprint density at radius 1 is 1.40 bits per heavy atom. The molecule has 0 aromatic heterocycles. The van der Waals surface area contributed by atoms with E-state index in [1.165, 1.54) is 0 Å². The lowest BCUT2D eigenvalue weighted by atomic mass is 10.0. The van der Waals surface area contributed by atoms with Gasteiger partial charge < -0.3 is 14.9 Å². The Morgan fingerprint density at radius 2 is 2.00 bits per heavy atom. The number of hydrogen-bond donors (Lipinski definition) is 2. The smallest absolute Gasteiger partial charge is 0.317 e. The first-order valence-electron chi connectivity index (χ1n) is 4.18. The first-order valence-corrected chi connectivity index (χ1v) is 4.18. The molecule has 0 saturated carbocycles. The monoisotopic (exact) mass is 216 g/mol. The molecule has 1 atom stereocenters. The van der Waals surface area contributed by atoms with E-state index < -0.39 is 30.1 Å². The van der Waals surface area contributed by atoms with Gasteiger partial charge in [0.1, 0.15) is 12.5 Å². The molecule has 0 aromatic rings. The zero-order valence-corrected chi connectivity index (χ0v) is 8.01. The molecular weight excluding hydrogens is 204 g/mol. The van der Waals surface area contributed by atoms with Gasteiger partial charge >= 0.3 is 11.9 Å². The van der Waals surface area contributed by atoms with E-state index in [1.54, 1.807) is 0 Å². The van der Waals surface area contributed by atoms with Crippen molar-refractivity contribution < 1.29 is 29.3 Å². The molecule has 0 aromatic carbocycles. The van der Waals surface area contributed by atoms with Crippen LogP contribution in [0.5, 0.6) is 0 Å². The first-order chi connectivity index (χ1) is 7.02. The van der Waals surface area contributed by atoms with Crippen LogP contribution in [0.3, 0.4) is 0 Å². The maximum Gasteiger partial charge on any atom is 0.317 e. The number of carboxylic acid groups (broad SMARTS) is 1. The average Bonchev–Trinajstić information content (AvgIpc) is 2.21. The molecule has 0 aliphatic heterocycles. The van der Waals surface area contributed by atoms with E-state index in [-0.39, 0.29) is 13.2 Å². The molecule has 84 valence electrons. The highest BCUT2D eigenvalue weighted by Gasteiger charge is 2.28. The van der Waals surface area contributed by atoms with Crippen molar-refractivity contribution in [2.75, 3.05) is 13.2 Å². The van der Waals surface area contributed by atoms with Gasteiger partial charge in [-0.25, -0.2) is 0 Å². The number of carbonyl (C=O) groups excluding carboxylic acids is 2. The highest BCUT2D eigenvalue weighted by atomic mass is 16.5. The van der Waals surface area contributed by atoms with Gasteiger partial charge in [-0.3, -0.25) is 14.4 Å². The Morgan fingerprint density at radius 3 is 2.40 bits per heavy atom. The highest BCUT2D eigenvalue weighted by Crippen LogP contribution is 2.08. The van der Waals surface area contributed by atoms with Crippen molar-refractivity contribution in [3.8, 4) is 0 Å². The molecule has 2 N–H and O–H groups in total. The minimum absolute atomic E-state index is 0.265. The topological polar surface area (TPSA) is 101 Å². The third-order valence-electron chi connectivity index (χ3n) is 1.54. The van der Waals surface area contributed by atoms with Crippen LogP contribution in [0.25, 0.3) is 0 Å². The van der Waals surface area contributed by atoms with Crippen molar-refractivity contribution in [3.05, 3.63) is 12.7 Å². The number of aliphatic carboxylic acids is 1. The Hall–Kier alpha value is -1.69. The molecule has 15 heavy (non-hydrogen) atoms. The number of rotatable bonds is 7. The molecular formula is C9H12O6. The van der Waals surface area contributed by atoms with Crippen LogP contribution in [0.1, 0.15) is 6.42 Å². The maximum absolute atomic E-state index is 11.2. The summed E-state index contributed by atoms with van der Waals surface area (Å²) in [5.74, 6) is -4.33. The van der Waals surface area contributed by atoms with Gasteiger partial charge in [-0.1, -0.05) is 6.58 Å². The molecule has 0 fully saturated rings. The molecule has 0 aliphatic carbocycles. The molecule has 0 spiro atoms. The van der Waals surface area contributed by atoms with E-state index in [9.17, 15) is 14.4 Å². The second-order valence-electron chi connectivity index (χ2n) is 2.65. The van der Waals surface area contributed by atoms with E-state index in [0.717, 1.165) is 6.08 Å². The van der Waals surface area contributed by atoms with Gasteiger partial charge in [-0.2, -0.15) is 0 Å². The number of esters is 1. The van der Waals surface area contributed by atoms with Gasteiger partial charge in [0.25, 0.3) is 0 Å². The van der Waals surface area contributed by atoms with Gasteiger partial charge in [-0.15, -0.1) is 0 Å². The summed E-state index contributed by atoms with van der Waals surface area (Å²) in [7, 11) is 0. The number of ketones is 1. The molecule has 0 bridgehead atoms. The Labute approximate surface area is 86.2 Å². The van der Waals surface area contributed by atoms with Crippen molar-refractivity contribution in [2.24, 2.45) is 5.92 Å². The van der Waals surface area contributed by atoms with Crippen molar-refractivity contribution in [3.63, 3.8) is 0 Å². The van der Waals surface area contributed by atoms with Crippen LogP contribution in [0, 0.1) is 5.92 Å². The van der Waals surface area contributed by atoms with Gasteiger partial charge in [0, 0.05) is 0 Å². The lowest BCUT2D eigenvalue weighted by Gasteiger charge is -2.10. The van der Waals surface area contributed by atoms with E-state index >= 15 is 0 Å². The second kappa shape index (κ2) is 6.72. The zero-order chi connectivity index (χ0) is 11.8. The molecule has 1 unspecified atom stereocenters. The molecule has 0 rings (SSSR count). The lowest BCUT2D eigenvalue weighted by molar-refractivity contribution is -0.156. The molecule has 0 saturated heterocycles. The normalized spacial score (nSPS) is 11.5. The van der Waals surface area contributed by atoms with Crippen molar-refractivity contribution >= 4 is 17.7 Å². The number of carboxylic acids is 1. The fourth-order valence-electron chi connectivity index (χ4n) is 0.864. The zero-order valence-electron chi connectivity index (χ0n) is 8.01.